The number of aryl methyl sites for hydroxylation is 2. The number of aliphatic carboxylic acids is 1. The van der Waals surface area contributed by atoms with Crippen molar-refractivity contribution in [1.82, 2.24) is 20.4 Å². The number of aromatic nitrogens is 2. The average Bonchev–Trinajstić information content (AvgIpc) is 3.02. The number of carboxylic acids is 1. The van der Waals surface area contributed by atoms with Crippen LogP contribution >= 0.6 is 0 Å². The van der Waals surface area contributed by atoms with Crippen molar-refractivity contribution in [3.63, 3.8) is 0 Å². The quantitative estimate of drug-likeness (QED) is 0.700. The molecule has 1 aliphatic carbocycles. The number of urea groups is 1. The van der Waals surface area contributed by atoms with Crippen molar-refractivity contribution in [3.8, 4) is 0 Å². The van der Waals surface area contributed by atoms with E-state index in [1.807, 2.05) is 20.2 Å². The zero-order valence-corrected chi connectivity index (χ0v) is 12.2. The smallest absolute Gasteiger partial charge is 0.315 e. The summed E-state index contributed by atoms with van der Waals surface area (Å²) in [5.74, 6) is -1.38. The zero-order valence-electron chi connectivity index (χ0n) is 12.2. The maximum Gasteiger partial charge on any atom is 0.315 e. The van der Waals surface area contributed by atoms with E-state index in [-0.39, 0.29) is 12.1 Å². The third-order valence-electron chi connectivity index (χ3n) is 3.48. The topological polar surface area (TPSA) is 96.3 Å². The van der Waals surface area contributed by atoms with Crippen molar-refractivity contribution in [3.05, 3.63) is 29.6 Å². The molecule has 2 unspecified atom stereocenters. The van der Waals surface area contributed by atoms with Gasteiger partial charge in [-0.15, -0.1) is 0 Å². The van der Waals surface area contributed by atoms with Crippen molar-refractivity contribution in [2.75, 3.05) is 0 Å². The molecule has 3 N–H and O–H groups in total. The van der Waals surface area contributed by atoms with Gasteiger partial charge in [0, 0.05) is 25.4 Å². The van der Waals surface area contributed by atoms with E-state index in [1.54, 1.807) is 16.8 Å². The van der Waals surface area contributed by atoms with Crippen LogP contribution in [0.5, 0.6) is 0 Å². The van der Waals surface area contributed by atoms with Crippen LogP contribution in [0, 0.1) is 5.92 Å². The van der Waals surface area contributed by atoms with Gasteiger partial charge in [-0.3, -0.25) is 9.48 Å². The van der Waals surface area contributed by atoms with Gasteiger partial charge in [-0.05, 0) is 12.8 Å². The molecule has 0 spiro atoms. The summed E-state index contributed by atoms with van der Waals surface area (Å²) < 4.78 is 1.73. The minimum atomic E-state index is -0.862. The fraction of sp³-hybridized carbons (Fsp3) is 0.500. The van der Waals surface area contributed by atoms with Crippen molar-refractivity contribution in [1.29, 1.82) is 0 Å². The Morgan fingerprint density at radius 3 is 2.86 bits per heavy atom. The Labute approximate surface area is 123 Å². The Balaban J connectivity index is 1.80. The number of carboxylic acid groups (broad SMARTS) is 1. The van der Waals surface area contributed by atoms with Gasteiger partial charge >= 0.3 is 12.0 Å². The predicted molar refractivity (Wildman–Crippen MR) is 76.6 cm³/mol. The standard InChI is InChI=1S/C14H20N4O3/c1-3-12-10(8-18(2)17-12)7-15-14(21)16-11-5-4-9(6-11)13(19)20/h4-5,8-9,11H,3,6-7H2,1-2H3,(H,19,20)(H2,15,16,21). The van der Waals surface area contributed by atoms with E-state index in [0.29, 0.717) is 13.0 Å². The second-order valence-electron chi connectivity index (χ2n) is 5.13. The van der Waals surface area contributed by atoms with Crippen LogP contribution < -0.4 is 10.6 Å². The van der Waals surface area contributed by atoms with Gasteiger partial charge < -0.3 is 15.7 Å². The van der Waals surface area contributed by atoms with Gasteiger partial charge in [0.25, 0.3) is 0 Å². The number of rotatable bonds is 5. The lowest BCUT2D eigenvalue weighted by molar-refractivity contribution is -0.140. The maximum atomic E-state index is 11.8. The van der Waals surface area contributed by atoms with Gasteiger partial charge in [0.1, 0.15) is 0 Å². The number of hydrogen-bond donors (Lipinski definition) is 3. The first-order chi connectivity index (χ1) is 9.99. The first-order valence-corrected chi connectivity index (χ1v) is 6.96. The van der Waals surface area contributed by atoms with Crippen molar-refractivity contribution < 1.29 is 14.7 Å². The summed E-state index contributed by atoms with van der Waals surface area (Å²) >= 11 is 0. The Bertz CT molecular complexity index is 565. The molecule has 21 heavy (non-hydrogen) atoms. The fourth-order valence-corrected chi connectivity index (χ4v) is 2.41. The first-order valence-electron chi connectivity index (χ1n) is 6.96. The molecule has 0 bridgehead atoms. The molecule has 1 aromatic heterocycles. The summed E-state index contributed by atoms with van der Waals surface area (Å²) in [4.78, 5) is 22.7. The van der Waals surface area contributed by atoms with Crippen molar-refractivity contribution >= 4 is 12.0 Å². The van der Waals surface area contributed by atoms with Crippen LogP contribution in [0.25, 0.3) is 0 Å². The van der Waals surface area contributed by atoms with E-state index in [9.17, 15) is 9.59 Å². The number of carbonyl (C=O) groups is 2. The average molecular weight is 292 g/mol. The highest BCUT2D eigenvalue weighted by molar-refractivity contribution is 5.76. The van der Waals surface area contributed by atoms with Crippen LogP contribution in [0.3, 0.4) is 0 Å². The van der Waals surface area contributed by atoms with Crippen LogP contribution in [0.1, 0.15) is 24.6 Å². The van der Waals surface area contributed by atoms with Gasteiger partial charge in [-0.1, -0.05) is 19.1 Å². The van der Waals surface area contributed by atoms with Gasteiger partial charge in [-0.25, -0.2) is 4.79 Å². The molecule has 0 saturated heterocycles. The molecule has 114 valence electrons. The van der Waals surface area contributed by atoms with Crippen LogP contribution in [-0.2, 0) is 24.8 Å². The predicted octanol–water partition coefficient (Wildman–Crippen LogP) is 0.811. The first kappa shape index (κ1) is 15.1. The Morgan fingerprint density at radius 2 is 2.24 bits per heavy atom. The van der Waals surface area contributed by atoms with E-state index in [4.69, 9.17) is 5.11 Å². The molecule has 7 nitrogen and oxygen atoms in total. The zero-order chi connectivity index (χ0) is 15.4. The van der Waals surface area contributed by atoms with E-state index in [1.165, 1.54) is 0 Å². The van der Waals surface area contributed by atoms with Gasteiger partial charge in [0.15, 0.2) is 0 Å². The highest BCUT2D eigenvalue weighted by atomic mass is 16.4. The highest BCUT2D eigenvalue weighted by Gasteiger charge is 2.25. The second-order valence-corrected chi connectivity index (χ2v) is 5.13. The molecule has 7 heteroatoms. The molecule has 2 amide bonds. The van der Waals surface area contributed by atoms with E-state index < -0.39 is 11.9 Å². The molecule has 0 aliphatic heterocycles. The molecule has 1 aliphatic rings. The third kappa shape index (κ3) is 3.84. The van der Waals surface area contributed by atoms with E-state index >= 15 is 0 Å². The summed E-state index contributed by atoms with van der Waals surface area (Å²) in [5, 5.41) is 18.7. The molecule has 1 heterocycles. The molecular weight excluding hydrogens is 272 g/mol. The normalized spacial score (nSPS) is 20.5. The minimum Gasteiger partial charge on any atom is -0.481 e. The fourth-order valence-electron chi connectivity index (χ4n) is 2.41. The van der Waals surface area contributed by atoms with Gasteiger partial charge in [0.05, 0.1) is 17.7 Å². The summed E-state index contributed by atoms with van der Waals surface area (Å²) in [7, 11) is 1.85. The molecule has 2 rings (SSSR count). The number of amides is 2. The third-order valence-corrected chi connectivity index (χ3v) is 3.48. The lowest BCUT2D eigenvalue weighted by atomic mass is 10.1. The minimum absolute atomic E-state index is 0.231. The summed E-state index contributed by atoms with van der Waals surface area (Å²) in [5.41, 5.74) is 1.95. The van der Waals surface area contributed by atoms with Gasteiger partial charge in [-0.2, -0.15) is 5.10 Å². The maximum absolute atomic E-state index is 11.8. The van der Waals surface area contributed by atoms with E-state index in [0.717, 1.165) is 17.7 Å². The van der Waals surface area contributed by atoms with Gasteiger partial charge in [0.2, 0.25) is 0 Å². The summed E-state index contributed by atoms with van der Waals surface area (Å²) in [6.07, 6.45) is 6.43. The number of carbonyl (C=O) groups excluding carboxylic acids is 1. The van der Waals surface area contributed by atoms with Crippen LogP contribution in [-0.4, -0.2) is 32.9 Å². The number of nitrogens with zero attached hydrogens (tertiary/aromatic N) is 2. The highest BCUT2D eigenvalue weighted by Crippen LogP contribution is 2.17. The molecular formula is C14H20N4O3. The van der Waals surface area contributed by atoms with Crippen LogP contribution in [0.4, 0.5) is 4.79 Å². The second kappa shape index (κ2) is 6.43. The molecule has 2 atom stereocenters. The lowest BCUT2D eigenvalue weighted by Crippen LogP contribution is -2.40. The van der Waals surface area contributed by atoms with Crippen molar-refractivity contribution in [2.24, 2.45) is 13.0 Å². The summed E-state index contributed by atoms with van der Waals surface area (Å²) in [6.45, 7) is 2.42. The Hall–Kier alpha value is -2.31. The SMILES string of the molecule is CCc1nn(C)cc1CNC(=O)NC1C=CC(C(=O)O)C1. The molecule has 0 saturated carbocycles. The largest absolute Gasteiger partial charge is 0.481 e. The molecule has 0 aromatic carbocycles. The Morgan fingerprint density at radius 1 is 1.48 bits per heavy atom. The summed E-state index contributed by atoms with van der Waals surface area (Å²) in [6, 6.07) is -0.535. The number of hydrogen-bond acceptors (Lipinski definition) is 3. The molecule has 1 aromatic rings. The molecule has 0 radical (unpaired) electrons. The van der Waals surface area contributed by atoms with E-state index in [2.05, 4.69) is 15.7 Å². The number of nitrogens with one attached hydrogen (secondary N) is 2. The van der Waals surface area contributed by atoms with Crippen molar-refractivity contribution in [2.45, 2.75) is 32.4 Å². The molecule has 0 fully saturated rings. The Kier molecular flexibility index (Phi) is 4.62. The van der Waals surface area contributed by atoms with Crippen LogP contribution in [0.2, 0.25) is 0 Å². The van der Waals surface area contributed by atoms with Crippen LogP contribution in [0.15, 0.2) is 18.3 Å². The lowest BCUT2D eigenvalue weighted by Gasteiger charge is -2.13. The monoisotopic (exact) mass is 292 g/mol.